The monoisotopic (exact) mass is 264 g/mol. The van der Waals surface area contributed by atoms with E-state index < -0.39 is 0 Å². The average Bonchev–Trinajstić information content (AvgIpc) is 3.20. The van der Waals surface area contributed by atoms with Crippen molar-refractivity contribution in [2.45, 2.75) is 25.3 Å². The van der Waals surface area contributed by atoms with Gasteiger partial charge < -0.3 is 4.98 Å². The minimum absolute atomic E-state index is 0.414. The number of aromatic nitrogens is 4. The lowest BCUT2D eigenvalue weighted by Gasteiger charge is -2.11. The number of nitrogens with zero attached hydrogens (tertiary/aromatic N) is 3. The molecule has 1 aliphatic rings. The first kappa shape index (κ1) is 11.5. The van der Waals surface area contributed by atoms with Gasteiger partial charge in [0.1, 0.15) is 5.82 Å². The van der Waals surface area contributed by atoms with E-state index in [2.05, 4.69) is 33.3 Å². The fourth-order valence-corrected chi connectivity index (χ4v) is 3.20. The summed E-state index contributed by atoms with van der Waals surface area (Å²) in [5.74, 6) is 1.50. The SMILES string of the molecule is c1cc(Cn2cccn2)c2c(c1)[C@H](c1ncc[nH]1)CC2. The standard InChI is InChI=1S/C16H16N4/c1-3-12(11-20-10-2-7-19-20)13-5-6-15(14(13)4-1)16-17-8-9-18-16/h1-4,7-10,15H,5-6,11H2,(H,17,18)/t15-/m1/s1. The number of nitrogens with one attached hydrogen (secondary N) is 1. The number of fused-ring (bicyclic) bond motifs is 1. The minimum Gasteiger partial charge on any atom is -0.348 e. The molecule has 0 saturated carbocycles. The number of rotatable bonds is 3. The van der Waals surface area contributed by atoms with Crippen molar-refractivity contribution in [2.75, 3.05) is 0 Å². The normalized spacial score (nSPS) is 17.3. The van der Waals surface area contributed by atoms with Crippen LogP contribution in [0.3, 0.4) is 0 Å². The molecule has 0 amide bonds. The van der Waals surface area contributed by atoms with E-state index in [4.69, 9.17) is 0 Å². The highest BCUT2D eigenvalue weighted by atomic mass is 15.3. The maximum absolute atomic E-state index is 4.43. The number of imidazole rings is 1. The third kappa shape index (κ3) is 1.84. The highest BCUT2D eigenvalue weighted by molar-refractivity contribution is 5.44. The highest BCUT2D eigenvalue weighted by Crippen LogP contribution is 2.38. The molecule has 0 fully saturated rings. The molecule has 3 aromatic rings. The van der Waals surface area contributed by atoms with Gasteiger partial charge >= 0.3 is 0 Å². The molecule has 1 aliphatic carbocycles. The summed E-state index contributed by atoms with van der Waals surface area (Å²) in [6, 6.07) is 8.57. The summed E-state index contributed by atoms with van der Waals surface area (Å²) in [4.78, 5) is 7.69. The lowest BCUT2D eigenvalue weighted by Crippen LogP contribution is -2.04. The maximum Gasteiger partial charge on any atom is 0.113 e. The third-order valence-electron chi connectivity index (χ3n) is 4.11. The number of H-pyrrole nitrogens is 1. The van der Waals surface area contributed by atoms with Gasteiger partial charge in [-0.25, -0.2) is 4.98 Å². The van der Waals surface area contributed by atoms with E-state index in [1.807, 2.05) is 35.5 Å². The van der Waals surface area contributed by atoms with E-state index in [1.54, 1.807) is 0 Å². The fraction of sp³-hybridized carbons (Fsp3) is 0.250. The van der Waals surface area contributed by atoms with E-state index >= 15 is 0 Å². The van der Waals surface area contributed by atoms with Gasteiger partial charge in [-0.05, 0) is 35.6 Å². The quantitative estimate of drug-likeness (QED) is 0.790. The smallest absolute Gasteiger partial charge is 0.113 e. The molecule has 1 aromatic carbocycles. The molecule has 2 aromatic heterocycles. The average molecular weight is 264 g/mol. The van der Waals surface area contributed by atoms with Gasteiger partial charge in [0.2, 0.25) is 0 Å². The number of benzene rings is 1. The van der Waals surface area contributed by atoms with E-state index in [9.17, 15) is 0 Å². The van der Waals surface area contributed by atoms with E-state index in [1.165, 1.54) is 16.7 Å². The molecule has 0 spiro atoms. The topological polar surface area (TPSA) is 46.5 Å². The van der Waals surface area contributed by atoms with Crippen molar-refractivity contribution in [3.63, 3.8) is 0 Å². The van der Waals surface area contributed by atoms with Crippen molar-refractivity contribution in [3.05, 3.63) is 71.6 Å². The molecule has 1 atom stereocenters. The Bertz CT molecular complexity index is 698. The van der Waals surface area contributed by atoms with Gasteiger partial charge in [0.25, 0.3) is 0 Å². The fourth-order valence-electron chi connectivity index (χ4n) is 3.20. The first-order valence-electron chi connectivity index (χ1n) is 6.99. The second-order valence-electron chi connectivity index (χ2n) is 5.25. The molecule has 2 heterocycles. The molecule has 4 rings (SSSR count). The van der Waals surface area contributed by atoms with Gasteiger partial charge in [-0.1, -0.05) is 18.2 Å². The maximum atomic E-state index is 4.43. The molecule has 0 saturated heterocycles. The Morgan fingerprint density at radius 3 is 3.05 bits per heavy atom. The summed E-state index contributed by atoms with van der Waals surface area (Å²) < 4.78 is 1.98. The summed E-state index contributed by atoms with van der Waals surface area (Å²) in [6.45, 7) is 0.848. The molecule has 4 heteroatoms. The lowest BCUT2D eigenvalue weighted by atomic mass is 9.98. The van der Waals surface area contributed by atoms with Crippen molar-refractivity contribution < 1.29 is 0 Å². The second-order valence-corrected chi connectivity index (χ2v) is 5.25. The van der Waals surface area contributed by atoms with Gasteiger partial charge in [-0.2, -0.15) is 5.10 Å². The third-order valence-corrected chi connectivity index (χ3v) is 4.11. The Hall–Kier alpha value is -2.36. The van der Waals surface area contributed by atoms with Crippen LogP contribution in [-0.4, -0.2) is 19.7 Å². The van der Waals surface area contributed by atoms with E-state index in [0.717, 1.165) is 25.2 Å². The van der Waals surface area contributed by atoms with Crippen LogP contribution in [0.1, 0.15) is 34.9 Å². The Morgan fingerprint density at radius 1 is 1.25 bits per heavy atom. The van der Waals surface area contributed by atoms with Crippen molar-refractivity contribution >= 4 is 0 Å². The van der Waals surface area contributed by atoms with E-state index in [0.29, 0.717) is 5.92 Å². The van der Waals surface area contributed by atoms with E-state index in [-0.39, 0.29) is 0 Å². The summed E-state index contributed by atoms with van der Waals surface area (Å²) in [6.07, 6.45) is 9.84. The Morgan fingerprint density at radius 2 is 2.25 bits per heavy atom. The van der Waals surface area contributed by atoms with Gasteiger partial charge in [0.05, 0.1) is 6.54 Å². The first-order valence-corrected chi connectivity index (χ1v) is 6.99. The molecule has 0 bridgehead atoms. The van der Waals surface area contributed by atoms with Crippen LogP contribution in [0.15, 0.2) is 49.1 Å². The molecule has 100 valence electrons. The van der Waals surface area contributed by atoms with Gasteiger partial charge in [-0.15, -0.1) is 0 Å². The van der Waals surface area contributed by atoms with Crippen molar-refractivity contribution in [1.82, 2.24) is 19.7 Å². The first-order chi connectivity index (χ1) is 9.92. The van der Waals surface area contributed by atoms with Crippen LogP contribution in [0, 0.1) is 0 Å². The zero-order chi connectivity index (χ0) is 13.4. The largest absolute Gasteiger partial charge is 0.348 e. The minimum atomic E-state index is 0.414. The van der Waals surface area contributed by atoms with Crippen molar-refractivity contribution in [1.29, 1.82) is 0 Å². The van der Waals surface area contributed by atoms with Gasteiger partial charge in [0.15, 0.2) is 0 Å². The zero-order valence-corrected chi connectivity index (χ0v) is 11.2. The molecule has 0 radical (unpaired) electrons. The van der Waals surface area contributed by atoms with Gasteiger partial charge in [0, 0.05) is 30.7 Å². The molecule has 0 aliphatic heterocycles. The van der Waals surface area contributed by atoms with Gasteiger partial charge in [-0.3, -0.25) is 4.68 Å². The summed E-state index contributed by atoms with van der Waals surface area (Å²) in [5, 5.41) is 4.30. The molecule has 20 heavy (non-hydrogen) atoms. The van der Waals surface area contributed by atoms with Crippen LogP contribution in [0.5, 0.6) is 0 Å². The summed E-state index contributed by atoms with van der Waals surface area (Å²) in [5.41, 5.74) is 4.27. The van der Waals surface area contributed by atoms with Crippen LogP contribution >= 0.6 is 0 Å². The predicted octanol–water partition coefficient (Wildman–Crippen LogP) is 2.73. The highest BCUT2D eigenvalue weighted by Gasteiger charge is 2.27. The number of hydrogen-bond donors (Lipinski definition) is 1. The van der Waals surface area contributed by atoms with Crippen LogP contribution in [0.4, 0.5) is 0 Å². The molecule has 0 unspecified atom stereocenters. The van der Waals surface area contributed by atoms with Crippen LogP contribution < -0.4 is 0 Å². The second kappa shape index (κ2) is 4.63. The Kier molecular flexibility index (Phi) is 2.66. The molecular weight excluding hydrogens is 248 g/mol. The van der Waals surface area contributed by atoms with Crippen LogP contribution in [-0.2, 0) is 13.0 Å². The zero-order valence-electron chi connectivity index (χ0n) is 11.2. The van der Waals surface area contributed by atoms with Crippen molar-refractivity contribution in [3.8, 4) is 0 Å². The predicted molar refractivity (Wildman–Crippen MR) is 76.5 cm³/mol. The molecule has 1 N–H and O–H groups in total. The van der Waals surface area contributed by atoms with Crippen molar-refractivity contribution in [2.24, 2.45) is 0 Å². The molecule has 4 nitrogen and oxygen atoms in total. The molecular formula is C16H16N4. The summed E-state index contributed by atoms with van der Waals surface area (Å²) >= 11 is 0. The summed E-state index contributed by atoms with van der Waals surface area (Å²) in [7, 11) is 0. The number of hydrogen-bond acceptors (Lipinski definition) is 2. The van der Waals surface area contributed by atoms with Crippen LogP contribution in [0.25, 0.3) is 0 Å². The Balaban J connectivity index is 1.71. The lowest BCUT2D eigenvalue weighted by molar-refractivity contribution is 0.681. The van der Waals surface area contributed by atoms with Crippen LogP contribution in [0.2, 0.25) is 0 Å². The Labute approximate surface area is 117 Å². The number of aromatic amines is 1.